The van der Waals surface area contributed by atoms with Crippen LogP contribution < -0.4 is 14.4 Å². The van der Waals surface area contributed by atoms with E-state index in [1.165, 1.54) is 17.0 Å². The number of methoxy groups -OCH3 is 1. The summed E-state index contributed by atoms with van der Waals surface area (Å²) in [7, 11) is -1.93. The Labute approximate surface area is 177 Å². The fraction of sp³-hybridized carbons (Fsp3) is 0.381. The number of sulfonamides is 1. The van der Waals surface area contributed by atoms with Gasteiger partial charge in [-0.05, 0) is 49.1 Å². The lowest BCUT2D eigenvalue weighted by atomic mass is 10.1. The first-order chi connectivity index (χ1) is 13.8. The first-order valence-corrected chi connectivity index (χ1v) is 11.6. The molecule has 6 nitrogen and oxygen atoms in total. The highest BCUT2D eigenvalue weighted by atomic mass is 35.5. The summed E-state index contributed by atoms with van der Waals surface area (Å²) in [4.78, 5) is 12.1. The average Bonchev–Trinajstić information content (AvgIpc) is 2.69. The van der Waals surface area contributed by atoms with Crippen LogP contribution in [-0.4, -0.2) is 40.8 Å². The Kier molecular flexibility index (Phi) is 8.79. The molecule has 1 amide bonds. The molecule has 29 heavy (non-hydrogen) atoms. The number of carbonyl (C=O) groups excluding carboxylic acids is 1. The van der Waals surface area contributed by atoms with E-state index in [1.54, 1.807) is 24.3 Å². The molecule has 0 aliphatic heterocycles. The van der Waals surface area contributed by atoms with Gasteiger partial charge >= 0.3 is 0 Å². The number of halogens is 1. The summed E-state index contributed by atoms with van der Waals surface area (Å²) in [5, 5.41) is 3.59. The van der Waals surface area contributed by atoms with Crippen molar-refractivity contribution in [2.75, 3.05) is 30.8 Å². The van der Waals surface area contributed by atoms with Gasteiger partial charge in [-0.2, -0.15) is 0 Å². The number of ether oxygens (including phenoxy) is 1. The fourth-order valence-electron chi connectivity index (χ4n) is 2.90. The zero-order chi connectivity index (χ0) is 21.3. The molecule has 0 aromatic heterocycles. The summed E-state index contributed by atoms with van der Waals surface area (Å²) in [5.41, 5.74) is 1.70. The molecule has 0 fully saturated rings. The Morgan fingerprint density at radius 1 is 1.14 bits per heavy atom. The van der Waals surface area contributed by atoms with Gasteiger partial charge in [-0.15, -0.1) is 0 Å². The maximum absolute atomic E-state index is 12.2. The summed E-state index contributed by atoms with van der Waals surface area (Å²) in [6, 6.07) is 14.5. The van der Waals surface area contributed by atoms with Gasteiger partial charge in [0.25, 0.3) is 0 Å². The number of hydrogen-bond donors (Lipinski definition) is 1. The Hall–Kier alpha value is -2.25. The van der Waals surface area contributed by atoms with E-state index in [9.17, 15) is 13.2 Å². The predicted octanol–water partition coefficient (Wildman–Crippen LogP) is 3.64. The van der Waals surface area contributed by atoms with E-state index >= 15 is 0 Å². The maximum atomic E-state index is 12.2. The molecule has 2 rings (SSSR count). The zero-order valence-corrected chi connectivity index (χ0v) is 18.3. The quantitative estimate of drug-likeness (QED) is 0.543. The van der Waals surface area contributed by atoms with Gasteiger partial charge in [-0.1, -0.05) is 29.8 Å². The average molecular weight is 439 g/mol. The number of rotatable bonds is 11. The predicted molar refractivity (Wildman–Crippen MR) is 117 cm³/mol. The minimum Gasteiger partial charge on any atom is -0.497 e. The second-order valence-corrected chi connectivity index (χ2v) is 9.06. The van der Waals surface area contributed by atoms with Gasteiger partial charge in [-0.25, -0.2) is 8.42 Å². The number of hydrogen-bond acceptors (Lipinski definition) is 4. The third kappa shape index (κ3) is 7.95. The molecular formula is C21H27ClN2O4S. The molecule has 8 heteroatoms. The van der Waals surface area contributed by atoms with Crippen LogP contribution in [-0.2, 0) is 21.2 Å². The van der Waals surface area contributed by atoms with Crippen molar-refractivity contribution in [1.82, 2.24) is 5.32 Å². The summed E-state index contributed by atoms with van der Waals surface area (Å²) >= 11 is 5.86. The highest BCUT2D eigenvalue weighted by Gasteiger charge is 2.18. The second-order valence-electron chi connectivity index (χ2n) is 6.72. The number of aryl methyl sites for hydroxylation is 1. The normalized spacial score (nSPS) is 11.1. The summed E-state index contributed by atoms with van der Waals surface area (Å²) in [5.74, 6) is 0.495. The van der Waals surface area contributed by atoms with Crippen LogP contribution in [0, 0.1) is 0 Å². The van der Waals surface area contributed by atoms with E-state index in [-0.39, 0.29) is 18.9 Å². The largest absolute Gasteiger partial charge is 0.497 e. The maximum Gasteiger partial charge on any atom is 0.232 e. The van der Waals surface area contributed by atoms with E-state index < -0.39 is 10.0 Å². The van der Waals surface area contributed by atoms with Crippen molar-refractivity contribution in [3.63, 3.8) is 0 Å². The molecular weight excluding hydrogens is 412 g/mol. The molecule has 0 unspecified atom stereocenters. The molecule has 0 heterocycles. The highest BCUT2D eigenvalue weighted by Crippen LogP contribution is 2.23. The second kappa shape index (κ2) is 11.1. The lowest BCUT2D eigenvalue weighted by Crippen LogP contribution is -2.32. The molecule has 0 aliphatic carbocycles. The van der Waals surface area contributed by atoms with Crippen LogP contribution in [0.2, 0.25) is 5.02 Å². The van der Waals surface area contributed by atoms with Crippen molar-refractivity contribution in [3.8, 4) is 5.75 Å². The highest BCUT2D eigenvalue weighted by molar-refractivity contribution is 7.92. The Balaban J connectivity index is 1.76. The number of nitrogens with one attached hydrogen (secondary N) is 1. The molecule has 0 bridgehead atoms. The lowest BCUT2D eigenvalue weighted by Gasteiger charge is -2.22. The summed E-state index contributed by atoms with van der Waals surface area (Å²) < 4.78 is 30.8. The Morgan fingerprint density at radius 2 is 1.86 bits per heavy atom. The molecule has 158 valence electrons. The van der Waals surface area contributed by atoms with E-state index in [0.29, 0.717) is 29.4 Å². The lowest BCUT2D eigenvalue weighted by molar-refractivity contribution is -0.121. The first kappa shape index (κ1) is 23.0. The van der Waals surface area contributed by atoms with Gasteiger partial charge in [-0.3, -0.25) is 9.10 Å². The third-order valence-corrected chi connectivity index (χ3v) is 5.83. The van der Waals surface area contributed by atoms with Crippen LogP contribution >= 0.6 is 11.6 Å². The third-order valence-electron chi connectivity index (χ3n) is 4.38. The van der Waals surface area contributed by atoms with Crippen molar-refractivity contribution in [3.05, 3.63) is 59.1 Å². The Bertz CT molecular complexity index is 901. The van der Waals surface area contributed by atoms with Gasteiger partial charge in [0.1, 0.15) is 5.75 Å². The van der Waals surface area contributed by atoms with Crippen LogP contribution in [0.1, 0.15) is 24.8 Å². The molecule has 0 atom stereocenters. The standard InChI is InChI=1S/C21H27ClN2O4S/c1-28-20-8-3-7-19(16-20)24(29(2,26)27)15-5-9-21(25)23-14-4-6-17-10-12-18(22)13-11-17/h3,7-8,10-13,16H,4-6,9,14-15H2,1-2H3,(H,23,25). The van der Waals surface area contributed by atoms with Crippen LogP contribution in [0.5, 0.6) is 5.75 Å². The number of nitrogens with zero attached hydrogens (tertiary/aromatic N) is 1. The van der Waals surface area contributed by atoms with Crippen molar-refractivity contribution >= 4 is 33.2 Å². The monoisotopic (exact) mass is 438 g/mol. The number of carbonyl (C=O) groups is 1. The van der Waals surface area contributed by atoms with Crippen molar-refractivity contribution in [2.45, 2.75) is 25.7 Å². The summed E-state index contributed by atoms with van der Waals surface area (Å²) in [6.45, 7) is 0.803. The van der Waals surface area contributed by atoms with Gasteiger partial charge in [0, 0.05) is 30.6 Å². The number of amides is 1. The van der Waals surface area contributed by atoms with Crippen LogP contribution in [0.4, 0.5) is 5.69 Å². The van der Waals surface area contributed by atoms with E-state index in [4.69, 9.17) is 16.3 Å². The smallest absolute Gasteiger partial charge is 0.232 e. The van der Waals surface area contributed by atoms with Gasteiger partial charge in [0.05, 0.1) is 19.1 Å². The van der Waals surface area contributed by atoms with Gasteiger partial charge in [0.15, 0.2) is 0 Å². The molecule has 0 saturated carbocycles. The van der Waals surface area contributed by atoms with Gasteiger partial charge in [0.2, 0.25) is 15.9 Å². The van der Waals surface area contributed by atoms with Crippen molar-refractivity contribution in [1.29, 1.82) is 0 Å². The molecule has 0 saturated heterocycles. The minimum absolute atomic E-state index is 0.0831. The number of benzene rings is 2. The number of anilines is 1. The molecule has 0 aliphatic rings. The Morgan fingerprint density at radius 3 is 2.52 bits per heavy atom. The molecule has 0 radical (unpaired) electrons. The molecule has 1 N–H and O–H groups in total. The van der Waals surface area contributed by atoms with E-state index in [0.717, 1.165) is 19.1 Å². The zero-order valence-electron chi connectivity index (χ0n) is 16.7. The van der Waals surface area contributed by atoms with E-state index in [2.05, 4.69) is 5.32 Å². The van der Waals surface area contributed by atoms with Crippen molar-refractivity contribution in [2.24, 2.45) is 0 Å². The first-order valence-electron chi connectivity index (χ1n) is 9.42. The SMILES string of the molecule is COc1cccc(N(CCCC(=O)NCCCc2ccc(Cl)cc2)S(C)(=O)=O)c1. The molecule has 2 aromatic carbocycles. The molecule has 0 spiro atoms. The van der Waals surface area contributed by atoms with Crippen LogP contribution in [0.3, 0.4) is 0 Å². The topological polar surface area (TPSA) is 75.7 Å². The summed E-state index contributed by atoms with van der Waals surface area (Å²) in [6.07, 6.45) is 3.52. The fourth-order valence-corrected chi connectivity index (χ4v) is 3.98. The van der Waals surface area contributed by atoms with Crippen LogP contribution in [0.15, 0.2) is 48.5 Å². The van der Waals surface area contributed by atoms with Crippen LogP contribution in [0.25, 0.3) is 0 Å². The van der Waals surface area contributed by atoms with Gasteiger partial charge < -0.3 is 10.1 Å². The van der Waals surface area contributed by atoms with E-state index in [1.807, 2.05) is 24.3 Å². The van der Waals surface area contributed by atoms with Crippen molar-refractivity contribution < 1.29 is 17.9 Å². The molecule has 2 aromatic rings. The minimum atomic E-state index is -3.46.